The number of fused-ring (bicyclic) bond motifs is 1. The Labute approximate surface area is 119 Å². The maximum Gasteiger partial charge on any atom is 0.148 e. The zero-order valence-electron chi connectivity index (χ0n) is 11.9. The summed E-state index contributed by atoms with van der Waals surface area (Å²) in [6, 6.07) is 3.96. The molecule has 0 amide bonds. The summed E-state index contributed by atoms with van der Waals surface area (Å²) in [5.41, 5.74) is 3.40. The minimum Gasteiger partial charge on any atom is -0.373 e. The van der Waals surface area contributed by atoms with Gasteiger partial charge in [-0.3, -0.25) is 0 Å². The quantitative estimate of drug-likeness (QED) is 0.897. The van der Waals surface area contributed by atoms with Crippen molar-refractivity contribution in [1.29, 1.82) is 0 Å². The molecule has 3 rings (SSSR count). The van der Waals surface area contributed by atoms with Crippen molar-refractivity contribution in [3.8, 4) is 0 Å². The maximum atomic E-state index is 14.5. The summed E-state index contributed by atoms with van der Waals surface area (Å²) in [6.07, 6.45) is 5.16. The predicted octanol–water partition coefficient (Wildman–Crippen LogP) is 3.52. The van der Waals surface area contributed by atoms with Crippen LogP contribution in [0.1, 0.15) is 55.1 Å². The first-order valence-corrected chi connectivity index (χ1v) is 7.42. The van der Waals surface area contributed by atoms with E-state index in [1.54, 1.807) is 0 Å². The SMILES string of the molecule is CNC1COCc2nc(C(F)=C3CCCCC3)ccc21. The van der Waals surface area contributed by atoms with Crippen molar-refractivity contribution in [2.75, 3.05) is 13.7 Å². The lowest BCUT2D eigenvalue weighted by Crippen LogP contribution is -2.27. The molecule has 1 aliphatic carbocycles. The number of aromatic nitrogens is 1. The van der Waals surface area contributed by atoms with Crippen LogP contribution in [0.4, 0.5) is 4.39 Å². The van der Waals surface area contributed by atoms with Crippen LogP contribution >= 0.6 is 0 Å². The average Bonchev–Trinajstić information content (AvgIpc) is 2.53. The Morgan fingerprint density at radius 2 is 2.10 bits per heavy atom. The van der Waals surface area contributed by atoms with Crippen molar-refractivity contribution in [2.24, 2.45) is 0 Å². The molecule has 1 aromatic heterocycles. The third-order valence-electron chi connectivity index (χ3n) is 4.25. The van der Waals surface area contributed by atoms with Crippen molar-refractivity contribution in [3.05, 3.63) is 34.7 Å². The Morgan fingerprint density at radius 1 is 1.30 bits per heavy atom. The lowest BCUT2D eigenvalue weighted by Gasteiger charge is -2.25. The number of rotatable bonds is 2. The highest BCUT2D eigenvalue weighted by Crippen LogP contribution is 2.32. The van der Waals surface area contributed by atoms with Gasteiger partial charge in [0, 0.05) is 0 Å². The van der Waals surface area contributed by atoms with E-state index in [0.29, 0.717) is 18.9 Å². The van der Waals surface area contributed by atoms with Crippen LogP contribution in [0.25, 0.3) is 5.83 Å². The normalized spacial score (nSPS) is 22.5. The van der Waals surface area contributed by atoms with Gasteiger partial charge in [0.05, 0.1) is 30.6 Å². The van der Waals surface area contributed by atoms with Gasteiger partial charge in [-0.05, 0) is 49.9 Å². The monoisotopic (exact) mass is 276 g/mol. The molecular formula is C16H21FN2O. The molecule has 1 unspecified atom stereocenters. The second-order valence-electron chi connectivity index (χ2n) is 5.57. The number of allylic oxidation sites excluding steroid dienone is 1. The highest BCUT2D eigenvalue weighted by atomic mass is 19.1. The molecule has 3 nitrogen and oxygen atoms in total. The number of hydrogen-bond acceptors (Lipinski definition) is 3. The largest absolute Gasteiger partial charge is 0.373 e. The van der Waals surface area contributed by atoms with Gasteiger partial charge in [0.1, 0.15) is 5.83 Å². The maximum absolute atomic E-state index is 14.5. The van der Waals surface area contributed by atoms with Gasteiger partial charge in [0.2, 0.25) is 0 Å². The molecule has 0 radical (unpaired) electrons. The number of hydrogen-bond donors (Lipinski definition) is 1. The summed E-state index contributed by atoms with van der Waals surface area (Å²) in [4.78, 5) is 4.49. The molecule has 2 aliphatic rings. The molecule has 0 spiro atoms. The molecule has 1 saturated carbocycles. The molecule has 1 fully saturated rings. The zero-order valence-corrected chi connectivity index (χ0v) is 11.9. The lowest BCUT2D eigenvalue weighted by molar-refractivity contribution is 0.0812. The second-order valence-corrected chi connectivity index (χ2v) is 5.57. The fraction of sp³-hybridized carbons (Fsp3) is 0.562. The van der Waals surface area contributed by atoms with E-state index in [2.05, 4.69) is 10.3 Å². The number of likely N-dealkylation sites (N-methyl/N-ethyl adjacent to an activating group) is 1. The number of pyridine rings is 1. The molecule has 4 heteroatoms. The molecule has 1 N–H and O–H groups in total. The fourth-order valence-electron chi connectivity index (χ4n) is 3.05. The standard InChI is InChI=1S/C16H21FN2O/c1-18-14-9-20-10-15-12(14)7-8-13(19-15)16(17)11-5-3-2-4-6-11/h7-8,14,18H,2-6,9-10H2,1H3. The Bertz CT molecular complexity index is 519. The van der Waals surface area contributed by atoms with E-state index >= 15 is 0 Å². The Hall–Kier alpha value is -1.26. The molecule has 0 saturated heterocycles. The van der Waals surface area contributed by atoms with Gasteiger partial charge in [-0.2, -0.15) is 0 Å². The number of ether oxygens (including phenoxy) is 1. The Kier molecular flexibility index (Phi) is 4.13. The van der Waals surface area contributed by atoms with Crippen LogP contribution < -0.4 is 5.32 Å². The van der Waals surface area contributed by atoms with Crippen LogP contribution in [0.2, 0.25) is 0 Å². The highest BCUT2D eigenvalue weighted by molar-refractivity contribution is 5.60. The molecular weight excluding hydrogens is 255 g/mol. The van der Waals surface area contributed by atoms with E-state index in [4.69, 9.17) is 4.74 Å². The van der Waals surface area contributed by atoms with Gasteiger partial charge in [-0.1, -0.05) is 12.5 Å². The number of nitrogens with one attached hydrogen (secondary N) is 1. The van der Waals surface area contributed by atoms with Crippen molar-refractivity contribution < 1.29 is 9.13 Å². The summed E-state index contributed by atoms with van der Waals surface area (Å²) in [5, 5.41) is 3.20. The van der Waals surface area contributed by atoms with Gasteiger partial charge >= 0.3 is 0 Å². The van der Waals surface area contributed by atoms with E-state index in [1.165, 1.54) is 6.42 Å². The summed E-state index contributed by atoms with van der Waals surface area (Å²) in [5.74, 6) is -0.112. The third-order valence-corrected chi connectivity index (χ3v) is 4.25. The molecule has 0 bridgehead atoms. The molecule has 1 aromatic rings. The van der Waals surface area contributed by atoms with Crippen LogP contribution in [0.3, 0.4) is 0 Å². The van der Waals surface area contributed by atoms with Crippen LogP contribution in [-0.2, 0) is 11.3 Å². The van der Waals surface area contributed by atoms with E-state index in [1.807, 2.05) is 19.2 Å². The first-order valence-electron chi connectivity index (χ1n) is 7.42. The van der Waals surface area contributed by atoms with Gasteiger partial charge in [0.15, 0.2) is 0 Å². The van der Waals surface area contributed by atoms with Gasteiger partial charge in [-0.25, -0.2) is 9.37 Å². The molecule has 0 aromatic carbocycles. The third kappa shape index (κ3) is 2.63. The summed E-state index contributed by atoms with van der Waals surface area (Å²) in [7, 11) is 1.90. The van der Waals surface area contributed by atoms with Crippen LogP contribution in [-0.4, -0.2) is 18.6 Å². The second kappa shape index (κ2) is 6.02. The molecule has 2 heterocycles. The zero-order chi connectivity index (χ0) is 13.9. The first kappa shape index (κ1) is 13.7. The molecule has 1 aliphatic heterocycles. The predicted molar refractivity (Wildman–Crippen MR) is 76.8 cm³/mol. The van der Waals surface area contributed by atoms with Gasteiger partial charge in [-0.15, -0.1) is 0 Å². The highest BCUT2D eigenvalue weighted by Gasteiger charge is 2.22. The van der Waals surface area contributed by atoms with Crippen molar-refractivity contribution in [3.63, 3.8) is 0 Å². The van der Waals surface area contributed by atoms with Crippen LogP contribution in [0.15, 0.2) is 17.7 Å². The minimum absolute atomic E-state index is 0.112. The fourth-order valence-corrected chi connectivity index (χ4v) is 3.05. The van der Waals surface area contributed by atoms with E-state index in [-0.39, 0.29) is 11.9 Å². The summed E-state index contributed by atoms with van der Waals surface area (Å²) < 4.78 is 20.0. The molecule has 1 atom stereocenters. The van der Waals surface area contributed by atoms with Crippen LogP contribution in [0, 0.1) is 0 Å². The average molecular weight is 276 g/mol. The van der Waals surface area contributed by atoms with Crippen molar-refractivity contribution in [2.45, 2.75) is 44.8 Å². The molecule has 108 valence electrons. The van der Waals surface area contributed by atoms with E-state index in [0.717, 1.165) is 42.5 Å². The van der Waals surface area contributed by atoms with Crippen LogP contribution in [0.5, 0.6) is 0 Å². The topological polar surface area (TPSA) is 34.1 Å². The Morgan fingerprint density at radius 3 is 2.85 bits per heavy atom. The Balaban J connectivity index is 1.92. The number of halogens is 1. The lowest BCUT2D eigenvalue weighted by atomic mass is 9.93. The minimum atomic E-state index is -0.112. The summed E-state index contributed by atoms with van der Waals surface area (Å²) >= 11 is 0. The summed E-state index contributed by atoms with van der Waals surface area (Å²) in [6.45, 7) is 1.12. The first-order chi connectivity index (χ1) is 9.79. The van der Waals surface area contributed by atoms with Gasteiger partial charge < -0.3 is 10.1 Å². The van der Waals surface area contributed by atoms with Crippen molar-refractivity contribution >= 4 is 5.83 Å². The van der Waals surface area contributed by atoms with Gasteiger partial charge in [0.25, 0.3) is 0 Å². The smallest absolute Gasteiger partial charge is 0.148 e. The number of nitrogens with zero attached hydrogens (tertiary/aromatic N) is 1. The van der Waals surface area contributed by atoms with E-state index < -0.39 is 0 Å². The molecule has 20 heavy (non-hydrogen) atoms. The van der Waals surface area contributed by atoms with E-state index in [9.17, 15) is 4.39 Å². The van der Waals surface area contributed by atoms with Crippen molar-refractivity contribution in [1.82, 2.24) is 10.3 Å².